The van der Waals surface area contributed by atoms with Crippen LogP contribution in [0.5, 0.6) is 0 Å². The van der Waals surface area contributed by atoms with E-state index in [1.54, 1.807) is 18.3 Å². The van der Waals surface area contributed by atoms with Gasteiger partial charge in [0, 0.05) is 18.3 Å². The van der Waals surface area contributed by atoms with Crippen molar-refractivity contribution < 1.29 is 4.79 Å². The molecule has 1 aromatic rings. The van der Waals surface area contributed by atoms with Gasteiger partial charge in [0.2, 0.25) is 5.91 Å². The average Bonchev–Trinajstić information content (AvgIpc) is 2.26. The van der Waals surface area contributed by atoms with E-state index in [0.29, 0.717) is 29.7 Å². The summed E-state index contributed by atoms with van der Waals surface area (Å²) < 4.78 is 0. The van der Waals surface area contributed by atoms with Gasteiger partial charge in [-0.15, -0.1) is 0 Å². The van der Waals surface area contributed by atoms with Gasteiger partial charge in [-0.3, -0.25) is 4.79 Å². The maximum absolute atomic E-state index is 11.5. The number of anilines is 1. The zero-order chi connectivity index (χ0) is 12.0. The van der Waals surface area contributed by atoms with E-state index < -0.39 is 0 Å². The molecule has 0 saturated heterocycles. The van der Waals surface area contributed by atoms with E-state index >= 15 is 0 Å². The lowest BCUT2D eigenvalue weighted by molar-refractivity contribution is -0.116. The van der Waals surface area contributed by atoms with Crippen LogP contribution in [0.15, 0.2) is 18.3 Å². The minimum Gasteiger partial charge on any atom is -0.330 e. The van der Waals surface area contributed by atoms with E-state index in [-0.39, 0.29) is 5.91 Å². The predicted molar refractivity (Wildman–Crippen MR) is 65.3 cm³/mol. The molecule has 0 fully saturated rings. The van der Waals surface area contributed by atoms with Crippen molar-refractivity contribution in [2.24, 2.45) is 11.7 Å². The first-order chi connectivity index (χ1) is 7.61. The molecule has 1 amide bonds. The highest BCUT2D eigenvalue weighted by atomic mass is 35.5. The highest BCUT2D eigenvalue weighted by molar-refractivity contribution is 6.29. The molecule has 0 radical (unpaired) electrons. The fourth-order valence-corrected chi connectivity index (χ4v) is 1.37. The molecule has 1 rings (SSSR count). The summed E-state index contributed by atoms with van der Waals surface area (Å²) in [6.07, 6.45) is 2.82. The lowest BCUT2D eigenvalue weighted by atomic mass is 10.1. The molecular formula is C11H16ClN3O. The number of rotatable bonds is 5. The van der Waals surface area contributed by atoms with Crippen LogP contribution in [-0.4, -0.2) is 17.4 Å². The highest BCUT2D eigenvalue weighted by Crippen LogP contribution is 2.13. The first-order valence-electron chi connectivity index (χ1n) is 5.23. The third kappa shape index (κ3) is 4.59. The van der Waals surface area contributed by atoms with Gasteiger partial charge >= 0.3 is 0 Å². The van der Waals surface area contributed by atoms with Crippen LogP contribution >= 0.6 is 11.6 Å². The number of halogens is 1. The second-order valence-electron chi connectivity index (χ2n) is 3.79. The number of hydrogen-bond donors (Lipinski definition) is 2. The summed E-state index contributed by atoms with van der Waals surface area (Å²) >= 11 is 5.70. The van der Waals surface area contributed by atoms with Crippen molar-refractivity contribution in [3.8, 4) is 0 Å². The molecule has 0 aromatic carbocycles. The van der Waals surface area contributed by atoms with E-state index in [4.69, 9.17) is 17.3 Å². The number of amides is 1. The van der Waals surface area contributed by atoms with Crippen LogP contribution in [0.4, 0.5) is 5.69 Å². The summed E-state index contributed by atoms with van der Waals surface area (Å²) in [4.78, 5) is 15.4. The Bertz CT molecular complexity index is 357. The number of aromatic nitrogens is 1. The van der Waals surface area contributed by atoms with Gasteiger partial charge < -0.3 is 11.1 Å². The number of carbonyl (C=O) groups excluding carboxylic acids is 1. The SMILES string of the molecule is CC(CN)CCC(=O)Nc1ccnc(Cl)c1. The number of nitrogens with zero attached hydrogens (tertiary/aromatic N) is 1. The van der Waals surface area contributed by atoms with Crippen molar-refractivity contribution in [3.05, 3.63) is 23.5 Å². The normalized spacial score (nSPS) is 12.2. The third-order valence-corrected chi connectivity index (χ3v) is 2.48. The van der Waals surface area contributed by atoms with Crippen LogP contribution in [-0.2, 0) is 4.79 Å². The molecule has 0 spiro atoms. The van der Waals surface area contributed by atoms with Crippen LogP contribution in [0.3, 0.4) is 0 Å². The zero-order valence-electron chi connectivity index (χ0n) is 9.24. The summed E-state index contributed by atoms with van der Waals surface area (Å²) in [6.45, 7) is 2.63. The van der Waals surface area contributed by atoms with Crippen molar-refractivity contribution in [1.29, 1.82) is 0 Å². The van der Waals surface area contributed by atoms with Crippen molar-refractivity contribution >= 4 is 23.2 Å². The van der Waals surface area contributed by atoms with Crippen LogP contribution in [0.2, 0.25) is 5.15 Å². The Balaban J connectivity index is 2.40. The molecule has 4 nitrogen and oxygen atoms in total. The number of hydrogen-bond acceptors (Lipinski definition) is 3. The maximum atomic E-state index is 11.5. The molecule has 1 atom stereocenters. The summed E-state index contributed by atoms with van der Waals surface area (Å²) in [5.41, 5.74) is 6.14. The Hall–Kier alpha value is -1.13. The summed E-state index contributed by atoms with van der Waals surface area (Å²) in [6, 6.07) is 3.32. The number of carbonyl (C=O) groups is 1. The molecule has 3 N–H and O–H groups in total. The predicted octanol–water partition coefficient (Wildman–Crippen LogP) is 2.05. The molecule has 0 aliphatic rings. The van der Waals surface area contributed by atoms with Gasteiger partial charge in [0.1, 0.15) is 5.15 Å². The fraction of sp³-hybridized carbons (Fsp3) is 0.455. The van der Waals surface area contributed by atoms with E-state index in [1.807, 2.05) is 6.92 Å². The highest BCUT2D eigenvalue weighted by Gasteiger charge is 2.06. The molecule has 0 bridgehead atoms. The Morgan fingerprint density at radius 2 is 2.44 bits per heavy atom. The van der Waals surface area contributed by atoms with Gasteiger partial charge in [-0.1, -0.05) is 18.5 Å². The number of nitrogens with one attached hydrogen (secondary N) is 1. The first-order valence-corrected chi connectivity index (χ1v) is 5.61. The van der Waals surface area contributed by atoms with E-state index in [2.05, 4.69) is 10.3 Å². The Labute approximate surface area is 100 Å². The number of pyridine rings is 1. The van der Waals surface area contributed by atoms with Crippen LogP contribution in [0.25, 0.3) is 0 Å². The van der Waals surface area contributed by atoms with Crippen molar-refractivity contribution in [1.82, 2.24) is 4.98 Å². The van der Waals surface area contributed by atoms with Gasteiger partial charge in [-0.05, 0) is 31.0 Å². The monoisotopic (exact) mass is 241 g/mol. The Morgan fingerprint density at radius 1 is 1.69 bits per heavy atom. The lowest BCUT2D eigenvalue weighted by Crippen LogP contribution is -2.16. The summed E-state index contributed by atoms with van der Waals surface area (Å²) in [5, 5.41) is 3.13. The quantitative estimate of drug-likeness (QED) is 0.776. The molecule has 1 heterocycles. The molecule has 0 saturated carbocycles. The molecule has 16 heavy (non-hydrogen) atoms. The molecule has 0 aliphatic heterocycles. The molecular weight excluding hydrogens is 226 g/mol. The summed E-state index contributed by atoms with van der Waals surface area (Å²) in [5.74, 6) is 0.342. The second kappa shape index (κ2) is 6.45. The topological polar surface area (TPSA) is 68.0 Å². The molecule has 5 heteroatoms. The average molecular weight is 242 g/mol. The van der Waals surface area contributed by atoms with Gasteiger partial charge in [0.15, 0.2) is 0 Å². The van der Waals surface area contributed by atoms with Gasteiger partial charge in [-0.25, -0.2) is 4.98 Å². The Morgan fingerprint density at radius 3 is 3.06 bits per heavy atom. The van der Waals surface area contributed by atoms with Crippen molar-refractivity contribution in [2.75, 3.05) is 11.9 Å². The van der Waals surface area contributed by atoms with Gasteiger partial charge in [-0.2, -0.15) is 0 Å². The van der Waals surface area contributed by atoms with Crippen LogP contribution < -0.4 is 11.1 Å². The lowest BCUT2D eigenvalue weighted by Gasteiger charge is -2.08. The smallest absolute Gasteiger partial charge is 0.224 e. The molecule has 0 aliphatic carbocycles. The standard InChI is InChI=1S/C11H16ClN3O/c1-8(7-13)2-3-11(16)15-9-4-5-14-10(12)6-9/h4-6,8H,2-3,7,13H2,1H3,(H,14,15,16). The number of nitrogens with two attached hydrogens (primary N) is 1. The molecule has 88 valence electrons. The zero-order valence-corrected chi connectivity index (χ0v) is 10.00. The van der Waals surface area contributed by atoms with E-state index in [1.165, 1.54) is 0 Å². The van der Waals surface area contributed by atoms with Crippen LogP contribution in [0, 0.1) is 5.92 Å². The van der Waals surface area contributed by atoms with E-state index in [0.717, 1.165) is 6.42 Å². The molecule has 1 aromatic heterocycles. The van der Waals surface area contributed by atoms with E-state index in [9.17, 15) is 4.79 Å². The van der Waals surface area contributed by atoms with Gasteiger partial charge in [0.25, 0.3) is 0 Å². The first kappa shape index (κ1) is 12.9. The maximum Gasteiger partial charge on any atom is 0.224 e. The second-order valence-corrected chi connectivity index (χ2v) is 4.18. The Kier molecular flexibility index (Phi) is 5.22. The minimum absolute atomic E-state index is 0.0254. The summed E-state index contributed by atoms with van der Waals surface area (Å²) in [7, 11) is 0. The van der Waals surface area contributed by atoms with Crippen LogP contribution in [0.1, 0.15) is 19.8 Å². The third-order valence-electron chi connectivity index (χ3n) is 2.28. The fourth-order valence-electron chi connectivity index (χ4n) is 1.20. The van der Waals surface area contributed by atoms with Gasteiger partial charge in [0.05, 0.1) is 0 Å². The molecule has 1 unspecified atom stereocenters. The largest absolute Gasteiger partial charge is 0.330 e. The van der Waals surface area contributed by atoms with Crippen molar-refractivity contribution in [2.45, 2.75) is 19.8 Å². The minimum atomic E-state index is -0.0254. The van der Waals surface area contributed by atoms with Crippen molar-refractivity contribution in [3.63, 3.8) is 0 Å².